The molecule has 0 atom stereocenters. The van der Waals surface area contributed by atoms with E-state index < -0.39 is 23.9 Å². The van der Waals surface area contributed by atoms with Gasteiger partial charge >= 0.3 is 0 Å². The zero-order chi connectivity index (χ0) is 14.4. The molecule has 0 spiro atoms. The molecule has 0 amide bonds. The molecule has 19 heavy (non-hydrogen) atoms. The van der Waals surface area contributed by atoms with Crippen LogP contribution in [0.1, 0.15) is 51.9 Å². The Balaban J connectivity index is 3.12. The molecule has 0 aliphatic heterocycles. The summed E-state index contributed by atoms with van der Waals surface area (Å²) in [7, 11) is 0. The molecular weight excluding hydrogens is 248 g/mol. The third-order valence-corrected chi connectivity index (χ3v) is 3.57. The van der Waals surface area contributed by atoms with E-state index in [1.54, 1.807) is 6.92 Å². The lowest BCUT2D eigenvalue weighted by Crippen LogP contribution is -2.36. The summed E-state index contributed by atoms with van der Waals surface area (Å²) in [5.74, 6) is -3.72. The molecule has 0 N–H and O–H groups in total. The van der Waals surface area contributed by atoms with Crippen molar-refractivity contribution in [3.05, 3.63) is 11.1 Å². The van der Waals surface area contributed by atoms with E-state index >= 15 is 0 Å². The van der Waals surface area contributed by atoms with Crippen molar-refractivity contribution in [2.24, 2.45) is 5.92 Å². The lowest BCUT2D eigenvalue weighted by atomic mass is 9.81. The molecule has 0 heterocycles. The van der Waals surface area contributed by atoms with Gasteiger partial charge in [-0.15, -0.1) is 0 Å². The van der Waals surface area contributed by atoms with Gasteiger partial charge in [-0.25, -0.2) is 0 Å². The summed E-state index contributed by atoms with van der Waals surface area (Å²) < 4.78 is 0. The van der Waals surface area contributed by atoms with Crippen LogP contribution >= 0.6 is 0 Å². The highest BCUT2D eigenvalue weighted by Crippen LogP contribution is 2.32. The van der Waals surface area contributed by atoms with Gasteiger partial charge in [0.1, 0.15) is 5.78 Å². The molecule has 0 saturated heterocycles. The van der Waals surface area contributed by atoms with Gasteiger partial charge in [-0.1, -0.05) is 26.2 Å². The van der Waals surface area contributed by atoms with Gasteiger partial charge in [0.15, 0.2) is 0 Å². The smallest absolute Gasteiger partial charge is 0.137 e. The molecule has 0 bridgehead atoms. The fourth-order valence-corrected chi connectivity index (χ4v) is 2.53. The normalized spacial score (nSPS) is 17.7. The van der Waals surface area contributed by atoms with Crippen molar-refractivity contribution in [1.82, 2.24) is 0 Å². The van der Waals surface area contributed by atoms with E-state index in [9.17, 15) is 24.6 Å². The summed E-state index contributed by atoms with van der Waals surface area (Å²) in [6, 6.07) is 0. The second kappa shape index (κ2) is 7.07. The van der Waals surface area contributed by atoms with E-state index in [0.717, 1.165) is 19.3 Å². The van der Waals surface area contributed by atoms with Crippen molar-refractivity contribution >= 4 is 17.7 Å². The Morgan fingerprint density at radius 3 is 2.00 bits per heavy atom. The number of Topliss-reactive ketones (excluding diaryl/α,β-unsaturated/α-hetero) is 1. The number of carbonyl (C=O) groups excluding carboxylic acids is 3. The lowest BCUT2D eigenvalue weighted by molar-refractivity contribution is -0.304. The van der Waals surface area contributed by atoms with Crippen LogP contribution in [0.3, 0.4) is 0 Å². The Labute approximate surface area is 112 Å². The first-order valence-corrected chi connectivity index (χ1v) is 6.64. The van der Waals surface area contributed by atoms with Crippen LogP contribution in [-0.4, -0.2) is 17.7 Å². The molecule has 1 aliphatic carbocycles. The number of ketones is 1. The third-order valence-electron chi connectivity index (χ3n) is 3.57. The van der Waals surface area contributed by atoms with Crippen LogP contribution in [0.15, 0.2) is 11.1 Å². The second-order valence-electron chi connectivity index (χ2n) is 4.87. The lowest BCUT2D eigenvalue weighted by Gasteiger charge is -2.28. The predicted octanol–water partition coefficient (Wildman–Crippen LogP) is -0.268. The van der Waals surface area contributed by atoms with Crippen LogP contribution in [0.4, 0.5) is 0 Å². The summed E-state index contributed by atoms with van der Waals surface area (Å²) in [5, 5.41) is 22.4. The summed E-state index contributed by atoms with van der Waals surface area (Å²) in [5.41, 5.74) is -0.639. The van der Waals surface area contributed by atoms with E-state index in [2.05, 4.69) is 0 Å². The Kier molecular flexibility index (Phi) is 5.73. The van der Waals surface area contributed by atoms with Crippen LogP contribution in [0.5, 0.6) is 0 Å². The van der Waals surface area contributed by atoms with Gasteiger partial charge < -0.3 is 19.8 Å². The highest BCUT2D eigenvalue weighted by molar-refractivity contribution is 6.01. The monoisotopic (exact) mass is 266 g/mol. The minimum Gasteiger partial charge on any atom is -0.545 e. The molecule has 1 saturated carbocycles. The minimum atomic E-state index is -1.58. The fourth-order valence-electron chi connectivity index (χ4n) is 2.53. The zero-order valence-electron chi connectivity index (χ0n) is 11.1. The highest BCUT2D eigenvalue weighted by atomic mass is 16.4. The minimum absolute atomic E-state index is 0.168. The number of carboxylic acid groups (broad SMARTS) is 2. The maximum atomic E-state index is 11.4. The number of hydrogen-bond acceptors (Lipinski definition) is 5. The van der Waals surface area contributed by atoms with E-state index in [0.29, 0.717) is 12.8 Å². The summed E-state index contributed by atoms with van der Waals surface area (Å²) in [6.07, 6.45) is 3.78. The van der Waals surface area contributed by atoms with E-state index in [1.807, 2.05) is 0 Å². The van der Waals surface area contributed by atoms with Crippen molar-refractivity contribution in [2.45, 2.75) is 51.9 Å². The first-order chi connectivity index (χ1) is 8.97. The molecule has 0 radical (unpaired) electrons. The SMILES string of the molecule is CCC(=O)C/C(C(=O)[O-])=C(\C(=O)[O-])C1CCCCC1. The molecule has 1 aliphatic rings. The average molecular weight is 266 g/mol. The van der Waals surface area contributed by atoms with Gasteiger partial charge in [0.25, 0.3) is 0 Å². The van der Waals surface area contributed by atoms with E-state index in [4.69, 9.17) is 0 Å². The average Bonchev–Trinajstić information content (AvgIpc) is 2.38. The van der Waals surface area contributed by atoms with Gasteiger partial charge in [-0.2, -0.15) is 0 Å². The van der Waals surface area contributed by atoms with Gasteiger partial charge in [-0.3, -0.25) is 4.79 Å². The third kappa shape index (κ3) is 4.19. The van der Waals surface area contributed by atoms with Crippen LogP contribution in [-0.2, 0) is 14.4 Å². The quantitative estimate of drug-likeness (QED) is 0.616. The molecule has 106 valence electrons. The van der Waals surface area contributed by atoms with Crippen molar-refractivity contribution in [3.63, 3.8) is 0 Å². The summed E-state index contributed by atoms with van der Waals surface area (Å²) in [4.78, 5) is 33.8. The van der Waals surface area contributed by atoms with Crippen molar-refractivity contribution in [2.75, 3.05) is 0 Å². The predicted molar refractivity (Wildman–Crippen MR) is 63.5 cm³/mol. The largest absolute Gasteiger partial charge is 0.545 e. The van der Waals surface area contributed by atoms with Gasteiger partial charge in [0.2, 0.25) is 0 Å². The van der Waals surface area contributed by atoms with Crippen LogP contribution < -0.4 is 10.2 Å². The molecule has 1 fully saturated rings. The van der Waals surface area contributed by atoms with Crippen LogP contribution in [0.25, 0.3) is 0 Å². The topological polar surface area (TPSA) is 97.3 Å². The standard InChI is InChI=1S/C14H20O5/c1-2-10(15)8-11(13(16)17)12(14(18)19)9-6-4-3-5-7-9/h9H,2-8H2,1H3,(H,16,17)(H,18,19)/p-2/b12-11+. The second-order valence-corrected chi connectivity index (χ2v) is 4.87. The van der Waals surface area contributed by atoms with Gasteiger partial charge in [-0.05, 0) is 29.9 Å². The first kappa shape index (κ1) is 15.4. The Morgan fingerprint density at radius 1 is 1.00 bits per heavy atom. The van der Waals surface area contributed by atoms with Crippen LogP contribution in [0.2, 0.25) is 0 Å². The van der Waals surface area contributed by atoms with E-state index in [1.165, 1.54) is 0 Å². The number of carbonyl (C=O) groups is 3. The molecule has 0 aromatic heterocycles. The first-order valence-electron chi connectivity index (χ1n) is 6.64. The maximum Gasteiger partial charge on any atom is 0.137 e. The van der Waals surface area contributed by atoms with Crippen molar-refractivity contribution in [3.8, 4) is 0 Å². The molecule has 0 unspecified atom stereocenters. The summed E-state index contributed by atoms with van der Waals surface area (Å²) in [6.45, 7) is 1.61. The van der Waals surface area contributed by atoms with E-state index in [-0.39, 0.29) is 23.7 Å². The number of rotatable bonds is 6. The molecule has 0 aromatic carbocycles. The molecular formula is C14H18O5-2. The van der Waals surface area contributed by atoms with Gasteiger partial charge in [0, 0.05) is 12.8 Å². The number of carboxylic acids is 2. The molecule has 0 aromatic rings. The Morgan fingerprint density at radius 2 is 1.58 bits per heavy atom. The fraction of sp³-hybridized carbons (Fsp3) is 0.643. The number of hydrogen-bond donors (Lipinski definition) is 0. The van der Waals surface area contributed by atoms with Gasteiger partial charge in [0.05, 0.1) is 11.9 Å². The highest BCUT2D eigenvalue weighted by Gasteiger charge is 2.23. The Hall–Kier alpha value is -1.65. The van der Waals surface area contributed by atoms with Crippen LogP contribution in [0, 0.1) is 5.92 Å². The maximum absolute atomic E-state index is 11.4. The zero-order valence-corrected chi connectivity index (χ0v) is 11.1. The van der Waals surface area contributed by atoms with Crippen molar-refractivity contribution < 1.29 is 24.6 Å². The number of aliphatic carboxylic acids is 2. The Bertz CT molecular complexity index is 402. The molecule has 5 heteroatoms. The van der Waals surface area contributed by atoms with Crippen molar-refractivity contribution in [1.29, 1.82) is 0 Å². The summed E-state index contributed by atoms with van der Waals surface area (Å²) >= 11 is 0. The molecule has 1 rings (SSSR count). The molecule has 5 nitrogen and oxygen atoms in total.